The molecule has 5 aliphatic rings. The summed E-state index contributed by atoms with van der Waals surface area (Å²) in [5.41, 5.74) is 2.01. The summed E-state index contributed by atoms with van der Waals surface area (Å²) in [5.74, 6) is -0.582. The van der Waals surface area contributed by atoms with Crippen LogP contribution in [-0.2, 0) is 25.7 Å². The highest BCUT2D eigenvalue weighted by Crippen LogP contribution is 2.55. The summed E-state index contributed by atoms with van der Waals surface area (Å²) in [4.78, 5) is 39.7. The number of likely N-dealkylation sites (tertiary alicyclic amines) is 1. The van der Waals surface area contributed by atoms with Gasteiger partial charge >= 0.3 is 6.18 Å². The van der Waals surface area contributed by atoms with Crippen LogP contribution < -0.4 is 24.6 Å². The number of nitro benzene ring substituents is 1. The number of nitro groups is 1. The average Bonchev–Trinajstić information content (AvgIpc) is 3.94. The summed E-state index contributed by atoms with van der Waals surface area (Å²) in [6.07, 6.45) is 2.74. The van der Waals surface area contributed by atoms with Gasteiger partial charge in [-0.2, -0.15) is 18.2 Å². The molecule has 1 amide bonds. The number of anilines is 4. The predicted molar refractivity (Wildman–Crippen MR) is 243 cm³/mol. The smallest absolute Gasteiger partial charge is 0.416 e. The van der Waals surface area contributed by atoms with Crippen molar-refractivity contribution in [2.75, 3.05) is 74.3 Å². The van der Waals surface area contributed by atoms with Crippen molar-refractivity contribution in [1.29, 1.82) is 0 Å². The van der Waals surface area contributed by atoms with Gasteiger partial charge in [0.2, 0.25) is 5.88 Å². The molecule has 3 N–H and O–H groups in total. The van der Waals surface area contributed by atoms with Crippen molar-refractivity contribution in [3.05, 3.63) is 106 Å². The van der Waals surface area contributed by atoms with Crippen LogP contribution in [0.4, 0.5) is 41.6 Å². The van der Waals surface area contributed by atoms with Gasteiger partial charge in [-0.3, -0.25) is 19.8 Å². The fraction of sp³-hybridized carbons (Fsp3) is 0.447. The van der Waals surface area contributed by atoms with Crippen molar-refractivity contribution < 1.29 is 45.5 Å². The Labute approximate surface area is 385 Å². The number of halogens is 3. The number of piperidine rings is 1. The Morgan fingerprint density at radius 3 is 2.55 bits per heavy atom. The van der Waals surface area contributed by atoms with Crippen molar-refractivity contribution in [3.8, 4) is 5.88 Å². The van der Waals surface area contributed by atoms with E-state index in [1.807, 2.05) is 23.1 Å². The fourth-order valence-electron chi connectivity index (χ4n) is 10.7. The van der Waals surface area contributed by atoms with E-state index in [0.29, 0.717) is 87.4 Å². The minimum absolute atomic E-state index is 0.0550. The van der Waals surface area contributed by atoms with Gasteiger partial charge in [-0.15, -0.1) is 0 Å². The van der Waals surface area contributed by atoms with Crippen molar-refractivity contribution >= 4 is 55.4 Å². The van der Waals surface area contributed by atoms with Gasteiger partial charge in [-0.1, -0.05) is 18.2 Å². The molecule has 3 saturated heterocycles. The van der Waals surface area contributed by atoms with E-state index in [2.05, 4.69) is 24.8 Å². The number of rotatable bonds is 11. The molecule has 4 aliphatic heterocycles. The van der Waals surface area contributed by atoms with Crippen LogP contribution in [0.3, 0.4) is 0 Å². The molecule has 2 atom stereocenters. The normalized spacial score (nSPS) is 21.4. The summed E-state index contributed by atoms with van der Waals surface area (Å²) in [7, 11) is -4.63. The third-order valence-electron chi connectivity index (χ3n) is 14.1. The van der Waals surface area contributed by atoms with Crippen LogP contribution in [0.25, 0.3) is 11.0 Å². The lowest BCUT2D eigenvalue weighted by Gasteiger charge is -2.56. The first-order valence-corrected chi connectivity index (χ1v) is 24.2. The highest BCUT2D eigenvalue weighted by Gasteiger charge is 2.50. The van der Waals surface area contributed by atoms with E-state index in [1.165, 1.54) is 24.3 Å². The molecule has 67 heavy (non-hydrogen) atoms. The topological polar surface area (TPSA) is 185 Å². The van der Waals surface area contributed by atoms with E-state index in [9.17, 15) is 36.5 Å². The molecule has 3 aromatic carbocycles. The Balaban J connectivity index is 0.894. The molecule has 2 aromatic heterocycles. The maximum absolute atomic E-state index is 14.4. The Morgan fingerprint density at radius 2 is 1.78 bits per heavy atom. The van der Waals surface area contributed by atoms with Crippen LogP contribution in [0.15, 0.2) is 83.9 Å². The maximum Gasteiger partial charge on any atom is 0.416 e. The van der Waals surface area contributed by atoms with E-state index >= 15 is 0 Å². The number of ether oxygens (including phenoxy) is 3. The van der Waals surface area contributed by atoms with Crippen LogP contribution in [0.2, 0.25) is 0 Å². The van der Waals surface area contributed by atoms with Crippen LogP contribution in [0.5, 0.6) is 5.88 Å². The first kappa shape index (κ1) is 44.9. The summed E-state index contributed by atoms with van der Waals surface area (Å²) >= 11 is 0. The summed E-state index contributed by atoms with van der Waals surface area (Å²) < 4.78 is 89.2. The molecule has 0 unspecified atom stereocenters. The molecular formula is C47H51F3N8O8S. The van der Waals surface area contributed by atoms with Gasteiger partial charge in [0.15, 0.2) is 0 Å². The fourth-order valence-corrected chi connectivity index (χ4v) is 11.7. The third kappa shape index (κ3) is 8.98. The van der Waals surface area contributed by atoms with Crippen molar-refractivity contribution in [2.24, 2.45) is 5.41 Å². The number of hydrogen-bond acceptors (Lipinski definition) is 13. The van der Waals surface area contributed by atoms with Crippen LogP contribution in [-0.4, -0.2) is 105 Å². The molecule has 1 spiro atoms. The zero-order valence-corrected chi connectivity index (χ0v) is 37.4. The molecule has 16 nitrogen and oxygen atoms in total. The van der Waals surface area contributed by atoms with Gasteiger partial charge in [0.1, 0.15) is 17.0 Å². The number of H-pyrrole nitrogens is 1. The quantitative estimate of drug-likeness (QED) is 0.0858. The number of nitrogens with one attached hydrogen (secondary N) is 3. The number of carbonyl (C=O) groups excluding carboxylic acids is 1. The molecule has 0 bridgehead atoms. The van der Waals surface area contributed by atoms with E-state index in [4.69, 9.17) is 19.2 Å². The largest absolute Gasteiger partial charge is 0.476 e. The number of fused-ring (bicyclic) bond motifs is 2. The lowest BCUT2D eigenvalue weighted by molar-refractivity contribution is -0.384. The molecule has 354 valence electrons. The molecule has 5 aromatic rings. The SMILES string of the molecule is O=C(NS(=O)(=O)c1ccc(NC[C@H]2COCCO2)c([N+](=O)[O-])c1)c1ccc(N2CCC3(CC2)CC(N2CCC[C@H]2c2ccccc2C(F)(F)F)C3)cc1N1CCCOc2nc3[nH]ccc3cc21. The summed E-state index contributed by atoms with van der Waals surface area (Å²) in [6, 6.07) is 18.4. The van der Waals surface area contributed by atoms with Crippen molar-refractivity contribution in [2.45, 2.75) is 74.2 Å². The monoisotopic (exact) mass is 944 g/mol. The second kappa shape index (κ2) is 17.9. The van der Waals surface area contributed by atoms with Crippen LogP contribution in [0, 0.1) is 15.5 Å². The Hall–Kier alpha value is -5.96. The molecule has 4 fully saturated rings. The van der Waals surface area contributed by atoms with E-state index in [0.717, 1.165) is 55.8 Å². The number of pyridine rings is 1. The lowest BCUT2D eigenvalue weighted by atomic mass is 9.59. The summed E-state index contributed by atoms with van der Waals surface area (Å²) in [6.45, 7) is 4.31. The predicted octanol–water partition coefficient (Wildman–Crippen LogP) is 7.94. The second-order valence-corrected chi connectivity index (χ2v) is 19.8. The Morgan fingerprint density at radius 1 is 0.955 bits per heavy atom. The van der Waals surface area contributed by atoms with Crippen LogP contribution in [0.1, 0.15) is 72.5 Å². The van der Waals surface area contributed by atoms with Crippen molar-refractivity contribution in [1.82, 2.24) is 19.6 Å². The maximum atomic E-state index is 14.4. The number of aromatic nitrogens is 2. The van der Waals surface area contributed by atoms with Gasteiger partial charge < -0.3 is 34.3 Å². The number of benzene rings is 3. The number of sulfonamides is 1. The number of carbonyl (C=O) groups is 1. The Bertz CT molecular complexity index is 2790. The van der Waals surface area contributed by atoms with E-state index in [1.54, 1.807) is 30.5 Å². The average molecular weight is 945 g/mol. The van der Waals surface area contributed by atoms with Gasteiger partial charge in [-0.05, 0) is 111 Å². The molecular weight excluding hydrogens is 894 g/mol. The van der Waals surface area contributed by atoms with E-state index < -0.39 is 43.2 Å². The minimum atomic E-state index is -4.63. The molecule has 6 heterocycles. The van der Waals surface area contributed by atoms with Crippen LogP contribution >= 0.6 is 0 Å². The number of amides is 1. The molecule has 1 aliphatic carbocycles. The number of hydrogen-bond donors (Lipinski definition) is 3. The van der Waals surface area contributed by atoms with Gasteiger partial charge in [0.25, 0.3) is 21.6 Å². The standard InChI is InChI=1S/C47H51F3N8O8S/c48-47(49,50)37-6-2-1-5-35(37)39-7-3-16-56(39)32-26-46(27-32)13-18-55(19-14-46)31-8-10-36(40(24-31)57-17-4-20-66-45-42(57)23-30-12-15-51-43(30)53-45)44(59)54-67(62,63)34-9-11-38(41(25-34)58(60)61)52-28-33-29-64-21-22-65-33/h1-2,5-6,8-12,15,23-25,32-33,39,52H,3-4,7,13-14,16-22,26-29H2,(H,51,53)(H,54,59)/t33-,39-/m0/s1. The lowest BCUT2D eigenvalue weighted by Crippen LogP contribution is -2.55. The first-order valence-electron chi connectivity index (χ1n) is 22.7. The number of alkyl halides is 3. The van der Waals surface area contributed by atoms with E-state index in [-0.39, 0.29) is 41.4 Å². The molecule has 10 rings (SSSR count). The number of nitrogens with zero attached hydrogens (tertiary/aromatic N) is 5. The second-order valence-electron chi connectivity index (χ2n) is 18.1. The zero-order chi connectivity index (χ0) is 46.5. The third-order valence-corrected chi connectivity index (χ3v) is 15.4. The van der Waals surface area contributed by atoms with Gasteiger partial charge in [-0.25, -0.2) is 13.1 Å². The highest BCUT2D eigenvalue weighted by molar-refractivity contribution is 7.90. The van der Waals surface area contributed by atoms with Gasteiger partial charge in [0.05, 0.1) is 59.2 Å². The first-order chi connectivity index (χ1) is 32.2. The number of aromatic amines is 1. The summed E-state index contributed by atoms with van der Waals surface area (Å²) in [5, 5.41) is 15.9. The Kier molecular flexibility index (Phi) is 12.0. The zero-order valence-electron chi connectivity index (χ0n) is 36.6. The molecule has 0 radical (unpaired) electrons. The van der Waals surface area contributed by atoms with Gasteiger partial charge in [0, 0.05) is 61.6 Å². The molecule has 20 heteroatoms. The highest BCUT2D eigenvalue weighted by atomic mass is 32.2. The minimum Gasteiger partial charge on any atom is -0.476 e. The molecule has 1 saturated carbocycles. The van der Waals surface area contributed by atoms with Crippen molar-refractivity contribution in [3.63, 3.8) is 0 Å².